The van der Waals surface area contributed by atoms with Gasteiger partial charge in [-0.2, -0.15) is 0 Å². The van der Waals surface area contributed by atoms with Crippen LogP contribution in [-0.2, 0) is 5.88 Å². The number of rotatable bonds is 5. The van der Waals surface area contributed by atoms with Crippen molar-refractivity contribution in [2.24, 2.45) is 0 Å². The summed E-state index contributed by atoms with van der Waals surface area (Å²) in [6, 6.07) is 2.64. The summed E-state index contributed by atoms with van der Waals surface area (Å²) in [6.45, 7) is 6.54. The van der Waals surface area contributed by atoms with E-state index in [0.717, 1.165) is 11.4 Å². The van der Waals surface area contributed by atoms with Crippen LogP contribution < -0.4 is 4.90 Å². The molecule has 0 radical (unpaired) electrons. The second-order valence-corrected chi connectivity index (χ2v) is 4.63. The fourth-order valence-electron chi connectivity index (χ4n) is 1.89. The molecular formula is C13H21ClN2. The van der Waals surface area contributed by atoms with Crippen molar-refractivity contribution in [2.45, 2.75) is 45.5 Å². The van der Waals surface area contributed by atoms with E-state index in [0.29, 0.717) is 11.9 Å². The molecule has 0 spiro atoms. The quantitative estimate of drug-likeness (QED) is 0.729. The molecule has 0 amide bonds. The molecule has 0 saturated carbocycles. The minimum atomic E-state index is 0.526. The lowest BCUT2D eigenvalue weighted by Gasteiger charge is -2.27. The van der Waals surface area contributed by atoms with Gasteiger partial charge in [-0.1, -0.05) is 13.3 Å². The molecule has 1 aromatic heterocycles. The molecule has 2 nitrogen and oxygen atoms in total. The Kier molecular flexibility index (Phi) is 5.07. The highest BCUT2D eigenvalue weighted by atomic mass is 35.5. The van der Waals surface area contributed by atoms with Crippen molar-refractivity contribution in [3.8, 4) is 0 Å². The molecule has 3 heteroatoms. The van der Waals surface area contributed by atoms with Crippen LogP contribution in [0.4, 0.5) is 5.82 Å². The van der Waals surface area contributed by atoms with E-state index in [1.54, 1.807) is 0 Å². The lowest BCUT2D eigenvalue weighted by Crippen LogP contribution is -2.30. The Morgan fingerprint density at radius 3 is 2.69 bits per heavy atom. The fraction of sp³-hybridized carbons (Fsp3) is 0.615. The molecule has 1 atom stereocenters. The highest BCUT2D eigenvalue weighted by molar-refractivity contribution is 6.17. The Morgan fingerprint density at radius 1 is 1.50 bits per heavy atom. The molecule has 16 heavy (non-hydrogen) atoms. The van der Waals surface area contributed by atoms with Gasteiger partial charge in [0.1, 0.15) is 5.82 Å². The molecule has 0 aliphatic rings. The maximum Gasteiger partial charge on any atom is 0.131 e. The van der Waals surface area contributed by atoms with Crippen LogP contribution >= 0.6 is 11.6 Å². The van der Waals surface area contributed by atoms with E-state index in [9.17, 15) is 0 Å². The molecule has 0 fully saturated rings. The molecule has 1 rings (SSSR count). The van der Waals surface area contributed by atoms with Gasteiger partial charge in [-0.15, -0.1) is 11.6 Å². The number of pyridine rings is 1. The number of hydrogen-bond acceptors (Lipinski definition) is 2. The number of hydrogen-bond donors (Lipinski definition) is 0. The highest BCUT2D eigenvalue weighted by Gasteiger charge is 2.12. The number of anilines is 1. The molecule has 1 aromatic rings. The highest BCUT2D eigenvalue weighted by Crippen LogP contribution is 2.20. The molecule has 0 aromatic carbocycles. The lowest BCUT2D eigenvalue weighted by molar-refractivity contribution is 0.610. The zero-order valence-corrected chi connectivity index (χ0v) is 11.4. The van der Waals surface area contributed by atoms with Crippen molar-refractivity contribution in [1.82, 2.24) is 4.98 Å². The van der Waals surface area contributed by atoms with Crippen molar-refractivity contribution in [2.75, 3.05) is 11.9 Å². The first-order valence-electron chi connectivity index (χ1n) is 5.84. The SMILES string of the molecule is CCCC(C)N(C)c1ncc(CCl)cc1C. The maximum absolute atomic E-state index is 5.79. The van der Waals surface area contributed by atoms with Crippen LogP contribution in [0.5, 0.6) is 0 Å². The van der Waals surface area contributed by atoms with Crippen LogP contribution in [0.15, 0.2) is 12.3 Å². The number of aryl methyl sites for hydroxylation is 1. The fourth-order valence-corrected chi connectivity index (χ4v) is 2.03. The molecular weight excluding hydrogens is 220 g/mol. The molecule has 0 aliphatic heterocycles. The lowest BCUT2D eigenvalue weighted by atomic mass is 10.1. The zero-order valence-electron chi connectivity index (χ0n) is 10.6. The first-order valence-corrected chi connectivity index (χ1v) is 6.37. The van der Waals surface area contributed by atoms with E-state index in [-0.39, 0.29) is 0 Å². The third kappa shape index (κ3) is 3.11. The van der Waals surface area contributed by atoms with Crippen LogP contribution in [0, 0.1) is 6.92 Å². The van der Waals surface area contributed by atoms with Gasteiger partial charge in [0.15, 0.2) is 0 Å². The van der Waals surface area contributed by atoms with Gasteiger partial charge < -0.3 is 4.90 Å². The van der Waals surface area contributed by atoms with Gasteiger partial charge >= 0.3 is 0 Å². The smallest absolute Gasteiger partial charge is 0.131 e. The zero-order chi connectivity index (χ0) is 12.1. The van der Waals surface area contributed by atoms with Crippen LogP contribution in [0.2, 0.25) is 0 Å². The Balaban J connectivity index is 2.87. The molecule has 1 unspecified atom stereocenters. The van der Waals surface area contributed by atoms with E-state index < -0.39 is 0 Å². The third-order valence-electron chi connectivity index (χ3n) is 2.96. The van der Waals surface area contributed by atoms with Crippen molar-refractivity contribution >= 4 is 17.4 Å². The number of aromatic nitrogens is 1. The predicted octanol–water partition coefficient (Wildman–Crippen LogP) is 3.75. The van der Waals surface area contributed by atoms with Gasteiger partial charge in [-0.05, 0) is 37.5 Å². The number of nitrogens with zero attached hydrogens (tertiary/aromatic N) is 2. The van der Waals surface area contributed by atoms with Crippen molar-refractivity contribution in [3.05, 3.63) is 23.4 Å². The van der Waals surface area contributed by atoms with Gasteiger partial charge in [0.05, 0.1) is 0 Å². The van der Waals surface area contributed by atoms with E-state index in [1.165, 1.54) is 18.4 Å². The van der Waals surface area contributed by atoms with Crippen LogP contribution in [0.1, 0.15) is 37.8 Å². The number of halogens is 1. The van der Waals surface area contributed by atoms with Gasteiger partial charge in [-0.3, -0.25) is 0 Å². The summed E-state index contributed by atoms with van der Waals surface area (Å²) in [6.07, 6.45) is 4.25. The summed E-state index contributed by atoms with van der Waals surface area (Å²) >= 11 is 5.79. The molecule has 0 saturated heterocycles. The van der Waals surface area contributed by atoms with Gasteiger partial charge in [0, 0.05) is 25.2 Å². The average Bonchev–Trinajstić information content (AvgIpc) is 2.28. The molecule has 1 heterocycles. The van der Waals surface area contributed by atoms with Crippen molar-refractivity contribution < 1.29 is 0 Å². The van der Waals surface area contributed by atoms with E-state index >= 15 is 0 Å². The summed E-state index contributed by atoms with van der Waals surface area (Å²) in [4.78, 5) is 6.74. The summed E-state index contributed by atoms with van der Waals surface area (Å²) < 4.78 is 0. The van der Waals surface area contributed by atoms with E-state index in [4.69, 9.17) is 11.6 Å². The van der Waals surface area contributed by atoms with Crippen LogP contribution in [-0.4, -0.2) is 18.1 Å². The van der Waals surface area contributed by atoms with Crippen LogP contribution in [0.3, 0.4) is 0 Å². The van der Waals surface area contributed by atoms with Crippen molar-refractivity contribution in [1.29, 1.82) is 0 Å². The van der Waals surface area contributed by atoms with E-state index in [1.807, 2.05) is 6.20 Å². The topological polar surface area (TPSA) is 16.1 Å². The van der Waals surface area contributed by atoms with Crippen molar-refractivity contribution in [3.63, 3.8) is 0 Å². The summed E-state index contributed by atoms with van der Waals surface area (Å²) in [5.41, 5.74) is 2.28. The minimum absolute atomic E-state index is 0.526. The Morgan fingerprint density at radius 2 is 2.19 bits per heavy atom. The largest absolute Gasteiger partial charge is 0.357 e. The summed E-state index contributed by atoms with van der Waals surface area (Å²) in [5.74, 6) is 1.59. The van der Waals surface area contributed by atoms with Gasteiger partial charge in [0.2, 0.25) is 0 Å². The van der Waals surface area contributed by atoms with E-state index in [2.05, 4.69) is 43.8 Å². The standard InChI is InChI=1S/C13H21ClN2/c1-5-6-11(3)16(4)13-10(2)7-12(8-14)9-15-13/h7,9,11H,5-6,8H2,1-4H3. The Hall–Kier alpha value is -0.760. The number of alkyl halides is 1. The van der Waals surface area contributed by atoms with Gasteiger partial charge in [-0.25, -0.2) is 4.98 Å². The first-order chi connectivity index (χ1) is 7.60. The Bertz CT molecular complexity index is 339. The Labute approximate surface area is 104 Å². The maximum atomic E-state index is 5.79. The molecule has 0 aliphatic carbocycles. The second-order valence-electron chi connectivity index (χ2n) is 4.37. The van der Waals surface area contributed by atoms with Crippen LogP contribution in [0.25, 0.3) is 0 Å². The average molecular weight is 241 g/mol. The summed E-state index contributed by atoms with van der Waals surface area (Å²) in [5, 5.41) is 0. The predicted molar refractivity (Wildman–Crippen MR) is 71.3 cm³/mol. The molecule has 90 valence electrons. The monoisotopic (exact) mass is 240 g/mol. The minimum Gasteiger partial charge on any atom is -0.357 e. The molecule has 0 bridgehead atoms. The second kappa shape index (κ2) is 6.09. The normalized spacial score (nSPS) is 12.6. The van der Waals surface area contributed by atoms with Gasteiger partial charge in [0.25, 0.3) is 0 Å². The molecule has 0 N–H and O–H groups in total. The first kappa shape index (κ1) is 13.3. The third-order valence-corrected chi connectivity index (χ3v) is 3.27. The summed E-state index contributed by atoms with van der Waals surface area (Å²) in [7, 11) is 2.11.